The molecule has 0 rings (SSSR count). The first-order valence-electron chi connectivity index (χ1n) is 0.791. The summed E-state index contributed by atoms with van der Waals surface area (Å²) in [6, 6.07) is 0. The summed E-state index contributed by atoms with van der Waals surface area (Å²) in [7, 11) is 0. The molecule has 0 aromatic heterocycles. The van der Waals surface area contributed by atoms with Crippen LogP contribution in [-0.2, 0) is 0 Å². The van der Waals surface area contributed by atoms with Crippen LogP contribution in [0.2, 0.25) is 0 Å². The second-order valence-corrected chi connectivity index (χ2v) is 0.468. The molecule has 0 atom stereocenters. The maximum absolute atomic E-state index is 9.91. The van der Waals surface area contributed by atoms with Crippen molar-refractivity contribution in [3.8, 4) is 0 Å². The Morgan fingerprint density at radius 3 is 1.33 bits per heavy atom. The molecule has 0 unspecified atom stereocenters. The molecular formula is CH2F3KO. The van der Waals surface area contributed by atoms with Gasteiger partial charge in [-0.2, -0.15) is 0 Å². The molecule has 6 heavy (non-hydrogen) atoms. The minimum absolute atomic E-state index is 0. The van der Waals surface area contributed by atoms with Gasteiger partial charge in [-0.25, -0.2) is 0 Å². The summed E-state index contributed by atoms with van der Waals surface area (Å²) in [6.45, 7) is 0. The van der Waals surface area contributed by atoms with Crippen molar-refractivity contribution in [3.05, 3.63) is 0 Å². The molecule has 0 fully saturated rings. The molecule has 0 spiro atoms. The van der Waals surface area contributed by atoms with Crippen molar-refractivity contribution < 1.29 is 71.1 Å². The molecule has 0 saturated heterocycles. The van der Waals surface area contributed by atoms with Crippen molar-refractivity contribution in [3.63, 3.8) is 0 Å². The largest absolute Gasteiger partial charge is 1.00 e. The Morgan fingerprint density at radius 2 is 1.33 bits per heavy atom. The van der Waals surface area contributed by atoms with E-state index in [-0.39, 0.29) is 52.8 Å². The molecule has 1 N–H and O–H groups in total. The Hall–Kier alpha value is 1.39. The van der Waals surface area contributed by atoms with E-state index >= 15 is 0 Å². The SMILES string of the molecule is OC(F)(F)F.[H-].[K+]. The minimum Gasteiger partial charge on any atom is -1.00 e. The molecule has 0 aliphatic carbocycles. The first-order chi connectivity index (χ1) is 2.00. The summed E-state index contributed by atoms with van der Waals surface area (Å²) >= 11 is 0. The summed E-state index contributed by atoms with van der Waals surface area (Å²) < 4.78 is 29.7. The zero-order valence-electron chi connectivity index (χ0n) is 4.08. The Balaban J connectivity index is -0.0000000800. The van der Waals surface area contributed by atoms with Crippen LogP contribution >= 0.6 is 0 Å². The van der Waals surface area contributed by atoms with E-state index in [9.17, 15) is 13.2 Å². The first kappa shape index (κ1) is 10.4. The summed E-state index contributed by atoms with van der Waals surface area (Å²) in [5.74, 6) is 0. The van der Waals surface area contributed by atoms with Crippen molar-refractivity contribution in [2.75, 3.05) is 0 Å². The third-order valence-electron chi connectivity index (χ3n) is 0. The van der Waals surface area contributed by atoms with Crippen molar-refractivity contribution >= 4 is 0 Å². The van der Waals surface area contributed by atoms with Gasteiger partial charge in [0.1, 0.15) is 0 Å². The van der Waals surface area contributed by atoms with Gasteiger partial charge in [-0.3, -0.25) is 0 Å². The number of rotatable bonds is 0. The van der Waals surface area contributed by atoms with Crippen LogP contribution in [0.5, 0.6) is 0 Å². The molecule has 0 bridgehead atoms. The Bertz CT molecular complexity index is 30.4. The van der Waals surface area contributed by atoms with Crippen LogP contribution in [0.4, 0.5) is 13.2 Å². The van der Waals surface area contributed by atoms with E-state index in [0.29, 0.717) is 0 Å². The Morgan fingerprint density at radius 1 is 1.33 bits per heavy atom. The number of aliphatic hydroxyl groups is 1. The number of halogens is 3. The molecule has 1 nitrogen and oxygen atoms in total. The predicted octanol–water partition coefficient (Wildman–Crippen LogP) is -2.39. The van der Waals surface area contributed by atoms with E-state index in [1.165, 1.54) is 0 Å². The smallest absolute Gasteiger partial charge is 1.00 e. The van der Waals surface area contributed by atoms with Crippen LogP contribution in [0.25, 0.3) is 0 Å². The van der Waals surface area contributed by atoms with Gasteiger partial charge in [-0.1, -0.05) is 0 Å². The van der Waals surface area contributed by atoms with Crippen LogP contribution in [0.3, 0.4) is 0 Å². The Labute approximate surface area is 76.4 Å². The standard InChI is InChI=1S/CHF3O.K.H/c2-1(3,4)5;;/h5H;;/q;+1;-1. The normalized spacial score (nSPS) is 10.0. The van der Waals surface area contributed by atoms with Crippen molar-refractivity contribution in [1.29, 1.82) is 0 Å². The van der Waals surface area contributed by atoms with Crippen LogP contribution < -0.4 is 51.4 Å². The van der Waals surface area contributed by atoms with Crippen LogP contribution in [0.15, 0.2) is 0 Å². The topological polar surface area (TPSA) is 20.2 Å². The third-order valence-corrected chi connectivity index (χ3v) is 0. The predicted molar refractivity (Wildman–Crippen MR) is 9.39 cm³/mol. The molecule has 34 valence electrons. The zero-order chi connectivity index (χ0) is 4.50. The van der Waals surface area contributed by atoms with Crippen LogP contribution in [-0.4, -0.2) is 11.5 Å². The van der Waals surface area contributed by atoms with E-state index in [4.69, 9.17) is 5.11 Å². The summed E-state index contributed by atoms with van der Waals surface area (Å²) in [4.78, 5) is 0. The number of hydrogen-bond donors (Lipinski definition) is 1. The third kappa shape index (κ3) is 53.9. The van der Waals surface area contributed by atoms with Gasteiger partial charge in [0, 0.05) is 0 Å². The molecule has 0 aliphatic rings. The number of hydrogen-bond acceptors (Lipinski definition) is 1. The number of alkyl halides is 3. The van der Waals surface area contributed by atoms with Crippen molar-refractivity contribution in [2.24, 2.45) is 0 Å². The van der Waals surface area contributed by atoms with Gasteiger partial charge in [-0.05, 0) is 0 Å². The molecule has 5 heteroatoms. The van der Waals surface area contributed by atoms with E-state index in [1.807, 2.05) is 0 Å². The Kier molecular flexibility index (Phi) is 5.88. The molecule has 0 aromatic rings. The average Bonchev–Trinajstić information content (AvgIpc) is 0.722. The maximum atomic E-state index is 9.91. The fourth-order valence-corrected chi connectivity index (χ4v) is 0. The summed E-state index contributed by atoms with van der Waals surface area (Å²) in [5.41, 5.74) is 0. The van der Waals surface area contributed by atoms with E-state index < -0.39 is 6.36 Å². The molecule has 0 aromatic carbocycles. The van der Waals surface area contributed by atoms with E-state index in [1.54, 1.807) is 0 Å². The molecule has 0 heterocycles. The van der Waals surface area contributed by atoms with Gasteiger partial charge in [-0.15, -0.1) is 13.2 Å². The molecular weight excluding hydrogens is 124 g/mol. The van der Waals surface area contributed by atoms with Crippen LogP contribution in [0.1, 0.15) is 1.43 Å². The van der Waals surface area contributed by atoms with Crippen LogP contribution in [0, 0.1) is 0 Å². The summed E-state index contributed by atoms with van der Waals surface area (Å²) in [5, 5.41) is 6.52. The van der Waals surface area contributed by atoms with Gasteiger partial charge < -0.3 is 6.53 Å². The van der Waals surface area contributed by atoms with Gasteiger partial charge in [0.15, 0.2) is 0 Å². The van der Waals surface area contributed by atoms with Gasteiger partial charge >= 0.3 is 57.7 Å². The van der Waals surface area contributed by atoms with Crippen molar-refractivity contribution in [2.45, 2.75) is 6.36 Å². The molecule has 0 aliphatic heterocycles. The minimum atomic E-state index is -5.00. The molecule has 0 amide bonds. The second kappa shape index (κ2) is 3.40. The fraction of sp³-hybridized carbons (Fsp3) is 1.00. The van der Waals surface area contributed by atoms with Gasteiger partial charge in [0.05, 0.1) is 0 Å². The summed E-state index contributed by atoms with van der Waals surface area (Å²) in [6.07, 6.45) is -5.00. The average molecular weight is 126 g/mol. The van der Waals surface area contributed by atoms with Gasteiger partial charge in [0.25, 0.3) is 0 Å². The monoisotopic (exact) mass is 126 g/mol. The van der Waals surface area contributed by atoms with E-state index in [0.717, 1.165) is 0 Å². The first-order valence-corrected chi connectivity index (χ1v) is 0.791. The van der Waals surface area contributed by atoms with E-state index in [2.05, 4.69) is 0 Å². The second-order valence-electron chi connectivity index (χ2n) is 0.468. The maximum Gasteiger partial charge on any atom is 1.00 e. The zero-order valence-corrected chi connectivity index (χ0v) is 6.20. The van der Waals surface area contributed by atoms with Gasteiger partial charge in [0.2, 0.25) is 0 Å². The fourth-order valence-electron chi connectivity index (χ4n) is 0. The van der Waals surface area contributed by atoms with Crippen molar-refractivity contribution in [1.82, 2.24) is 0 Å². The molecule has 0 saturated carbocycles. The quantitative estimate of drug-likeness (QED) is 0.359. The molecule has 0 radical (unpaired) electrons.